The van der Waals surface area contributed by atoms with Gasteiger partial charge in [0.25, 0.3) is 5.69 Å². The molecule has 0 aromatic heterocycles. The molecule has 38 heavy (non-hydrogen) atoms. The van der Waals surface area contributed by atoms with Crippen LogP contribution in [0.2, 0.25) is 0 Å². The Hall–Kier alpha value is -3.29. The highest BCUT2D eigenvalue weighted by Gasteiger charge is 2.72. The number of aliphatic imine (C=N–C) groups is 1. The molecule has 1 fully saturated rings. The highest BCUT2D eigenvalue weighted by molar-refractivity contribution is 8.16. The maximum Gasteiger partial charge on any atom is 0.426 e. The summed E-state index contributed by atoms with van der Waals surface area (Å²) in [5.74, 6) is -4.48. The number of nitrogens with zero attached hydrogens (tertiary/aromatic N) is 3. The van der Waals surface area contributed by atoms with Gasteiger partial charge in [-0.1, -0.05) is 11.8 Å². The fourth-order valence-corrected chi connectivity index (χ4v) is 5.74. The second kappa shape index (κ2) is 9.47. The topological polar surface area (TPSA) is 138 Å². The third-order valence-electron chi connectivity index (χ3n) is 5.83. The zero-order chi connectivity index (χ0) is 29.0. The van der Waals surface area contributed by atoms with Gasteiger partial charge in [-0.15, -0.1) is 0 Å². The van der Waals surface area contributed by atoms with E-state index in [1.54, 1.807) is 41.5 Å². The minimum atomic E-state index is -1.83. The summed E-state index contributed by atoms with van der Waals surface area (Å²) in [5, 5.41) is 11.0. The first-order valence-corrected chi connectivity index (χ1v) is 12.3. The number of halogens is 2. The molecule has 0 saturated heterocycles. The molecule has 1 aromatic carbocycles. The summed E-state index contributed by atoms with van der Waals surface area (Å²) in [6, 6.07) is 1.25. The lowest BCUT2D eigenvalue weighted by Gasteiger charge is -2.37. The summed E-state index contributed by atoms with van der Waals surface area (Å²) in [6.45, 7) is 10.7. The molecule has 3 rings (SSSR count). The van der Waals surface area contributed by atoms with Crippen LogP contribution in [0.25, 0.3) is 0 Å². The van der Waals surface area contributed by atoms with E-state index in [-0.39, 0.29) is 6.42 Å². The minimum absolute atomic E-state index is 0.0358. The number of carbonyl (C=O) groups is 3. The van der Waals surface area contributed by atoms with Crippen LogP contribution in [-0.4, -0.2) is 56.2 Å². The van der Waals surface area contributed by atoms with Gasteiger partial charge < -0.3 is 14.2 Å². The summed E-state index contributed by atoms with van der Waals surface area (Å²) in [7, 11) is 1.13. The summed E-state index contributed by atoms with van der Waals surface area (Å²) >= 11 is 0.724. The number of hydrogen-bond donors (Lipinski definition) is 0. The van der Waals surface area contributed by atoms with Gasteiger partial charge in [-0.05, 0) is 54.9 Å². The summed E-state index contributed by atoms with van der Waals surface area (Å²) in [5.41, 5.74) is -5.20. The van der Waals surface area contributed by atoms with Crippen molar-refractivity contribution >= 4 is 40.8 Å². The number of hydrogen-bond acceptors (Lipinski definition) is 10. The lowest BCUT2D eigenvalue weighted by atomic mass is 9.85. The molecule has 11 nitrogen and oxygen atoms in total. The summed E-state index contributed by atoms with van der Waals surface area (Å²) in [4.78, 5) is 54.8. The number of benzene rings is 1. The van der Waals surface area contributed by atoms with E-state index in [1.165, 1.54) is 6.92 Å². The predicted octanol–water partition coefficient (Wildman–Crippen LogP) is 5.29. The molecule has 1 saturated carbocycles. The number of esters is 1. The van der Waals surface area contributed by atoms with E-state index in [1.807, 2.05) is 0 Å². The third kappa shape index (κ3) is 5.45. The molecule has 2 aliphatic rings. The fourth-order valence-electron chi connectivity index (χ4n) is 4.15. The van der Waals surface area contributed by atoms with Crippen molar-refractivity contribution in [2.45, 2.75) is 76.4 Å². The molecule has 208 valence electrons. The lowest BCUT2D eigenvalue weighted by Crippen LogP contribution is -2.50. The zero-order valence-corrected chi connectivity index (χ0v) is 23.0. The first kappa shape index (κ1) is 29.3. The molecule has 1 aliphatic heterocycles. The Balaban J connectivity index is 2.27. The zero-order valence-electron chi connectivity index (χ0n) is 22.2. The number of fused-ring (bicyclic) bond motifs is 1. The van der Waals surface area contributed by atoms with Gasteiger partial charge in [0.05, 0.1) is 23.6 Å². The fraction of sp³-hybridized carbons (Fsp3) is 0.583. The van der Waals surface area contributed by atoms with Crippen LogP contribution < -0.4 is 0 Å². The molecular weight excluding hydrogens is 528 g/mol. The van der Waals surface area contributed by atoms with Crippen LogP contribution in [0.15, 0.2) is 17.1 Å². The number of nitro benzene ring substituents is 1. The van der Waals surface area contributed by atoms with Crippen LogP contribution in [0, 0.1) is 27.7 Å². The average Bonchev–Trinajstić information content (AvgIpc) is 3.49. The van der Waals surface area contributed by atoms with Crippen LogP contribution in [-0.2, 0) is 24.5 Å². The standard InChI is InChI=1S/C24H29F2N3O8S/c1-21(2,3)36-19(31)28(20(32)37-22(4,5)6)18-27-23(7,15-11-24(15,38-18)17(30)35-8)13-9-12(29(33)34)10-14(25)16(13)26/h9-10,15H,11H2,1-8H3/t15-,23+,24-/m0/s1. The Morgan fingerprint density at radius 2 is 1.63 bits per heavy atom. The Bertz CT molecular complexity index is 1210. The number of amidine groups is 1. The van der Waals surface area contributed by atoms with Crippen LogP contribution >= 0.6 is 11.8 Å². The predicted molar refractivity (Wildman–Crippen MR) is 133 cm³/mol. The van der Waals surface area contributed by atoms with Gasteiger partial charge >= 0.3 is 18.2 Å². The quantitative estimate of drug-likeness (QED) is 0.210. The smallest absolute Gasteiger partial charge is 0.426 e. The van der Waals surface area contributed by atoms with E-state index >= 15 is 4.39 Å². The number of thioether (sulfide) groups is 1. The van der Waals surface area contributed by atoms with Crippen LogP contribution in [0.3, 0.4) is 0 Å². The van der Waals surface area contributed by atoms with E-state index in [4.69, 9.17) is 14.2 Å². The maximum atomic E-state index is 15.2. The van der Waals surface area contributed by atoms with Crippen molar-refractivity contribution in [3.8, 4) is 0 Å². The van der Waals surface area contributed by atoms with Crippen LogP contribution in [0.4, 0.5) is 24.1 Å². The first-order chi connectivity index (χ1) is 17.3. The van der Waals surface area contributed by atoms with Gasteiger partial charge in [0.1, 0.15) is 15.9 Å². The highest BCUT2D eigenvalue weighted by Crippen LogP contribution is 2.67. The van der Waals surface area contributed by atoms with E-state index in [0.717, 1.165) is 24.9 Å². The molecule has 2 amide bonds. The molecule has 1 heterocycles. The van der Waals surface area contributed by atoms with Crippen molar-refractivity contribution < 1.29 is 42.3 Å². The normalized spacial score (nSPS) is 24.5. The third-order valence-corrected chi connectivity index (χ3v) is 7.27. The van der Waals surface area contributed by atoms with Gasteiger partial charge in [-0.25, -0.2) is 23.4 Å². The molecule has 0 radical (unpaired) electrons. The number of non-ortho nitro benzene ring substituents is 1. The Kier molecular flexibility index (Phi) is 7.30. The van der Waals surface area contributed by atoms with E-state index < -0.39 is 78.5 Å². The number of nitro groups is 1. The molecular formula is C24H29F2N3O8S. The lowest BCUT2D eigenvalue weighted by molar-refractivity contribution is -0.385. The molecule has 1 aliphatic carbocycles. The molecule has 0 N–H and O–H groups in total. The average molecular weight is 558 g/mol. The van der Waals surface area contributed by atoms with Crippen molar-refractivity contribution in [2.24, 2.45) is 10.9 Å². The highest BCUT2D eigenvalue weighted by atomic mass is 32.2. The van der Waals surface area contributed by atoms with Crippen molar-refractivity contribution in [1.82, 2.24) is 4.90 Å². The Labute approximate surface area is 222 Å². The van der Waals surface area contributed by atoms with Crippen molar-refractivity contribution in [1.29, 1.82) is 0 Å². The summed E-state index contributed by atoms with van der Waals surface area (Å²) < 4.78 is 43.9. The van der Waals surface area contributed by atoms with E-state index in [2.05, 4.69) is 4.99 Å². The molecule has 3 atom stereocenters. The largest absolute Gasteiger partial charge is 0.468 e. The number of carbonyl (C=O) groups excluding carboxylic acids is 3. The molecule has 14 heteroatoms. The van der Waals surface area contributed by atoms with Crippen molar-refractivity contribution in [3.05, 3.63) is 39.4 Å². The number of ether oxygens (including phenoxy) is 3. The Morgan fingerprint density at radius 1 is 1.11 bits per heavy atom. The maximum absolute atomic E-state index is 15.2. The molecule has 1 aromatic rings. The molecule has 0 bridgehead atoms. The van der Waals surface area contributed by atoms with Gasteiger partial charge in [0, 0.05) is 17.5 Å². The van der Waals surface area contributed by atoms with Gasteiger partial charge in [-0.3, -0.25) is 14.9 Å². The number of amides is 2. The number of imide groups is 1. The monoisotopic (exact) mass is 557 g/mol. The van der Waals surface area contributed by atoms with Crippen molar-refractivity contribution in [2.75, 3.05) is 7.11 Å². The second-order valence-electron chi connectivity index (χ2n) is 11.1. The SMILES string of the molecule is COC(=O)[C@]12C[C@H]1[C@@](C)(c1cc([N+](=O)[O-])cc(F)c1F)N=C(N(C(=O)OC(C)(C)C)C(=O)OC(C)(C)C)S2. The molecule has 0 spiro atoms. The Morgan fingerprint density at radius 3 is 2.08 bits per heavy atom. The number of methoxy groups -OCH3 is 1. The minimum Gasteiger partial charge on any atom is -0.468 e. The van der Waals surface area contributed by atoms with E-state index in [9.17, 15) is 28.9 Å². The number of rotatable bonds is 3. The van der Waals surface area contributed by atoms with Crippen LogP contribution in [0.5, 0.6) is 0 Å². The van der Waals surface area contributed by atoms with Crippen LogP contribution in [0.1, 0.15) is 60.5 Å². The van der Waals surface area contributed by atoms with Gasteiger partial charge in [0.15, 0.2) is 16.8 Å². The van der Waals surface area contributed by atoms with Gasteiger partial charge in [0.2, 0.25) is 0 Å². The van der Waals surface area contributed by atoms with Gasteiger partial charge in [-0.2, -0.15) is 4.90 Å². The summed E-state index contributed by atoms with van der Waals surface area (Å²) in [6.07, 6.45) is -2.34. The first-order valence-electron chi connectivity index (χ1n) is 11.5. The van der Waals surface area contributed by atoms with E-state index in [0.29, 0.717) is 11.0 Å². The molecule has 0 unspecified atom stereocenters. The second-order valence-corrected chi connectivity index (χ2v) is 12.4. The van der Waals surface area contributed by atoms with Crippen molar-refractivity contribution in [3.63, 3.8) is 0 Å².